The predicted octanol–water partition coefficient (Wildman–Crippen LogP) is 3.48. The van der Waals surface area contributed by atoms with Crippen LogP contribution in [0.25, 0.3) is 0 Å². The van der Waals surface area contributed by atoms with Gasteiger partial charge in [0.1, 0.15) is 11.8 Å². The topological polar surface area (TPSA) is 103 Å². The molecule has 8 nitrogen and oxygen atoms in total. The average Bonchev–Trinajstić information content (AvgIpc) is 2.88. The van der Waals surface area contributed by atoms with Crippen LogP contribution < -0.4 is 24.2 Å². The third-order valence-corrected chi connectivity index (χ3v) is 7.00. The largest absolute Gasteiger partial charge is 0.496 e. The predicted molar refractivity (Wildman–Crippen MR) is 133 cm³/mol. The van der Waals surface area contributed by atoms with Crippen molar-refractivity contribution < 1.29 is 27.4 Å². The van der Waals surface area contributed by atoms with Gasteiger partial charge in [-0.3, -0.25) is 4.79 Å². The van der Waals surface area contributed by atoms with Gasteiger partial charge in [0.25, 0.3) is 0 Å². The number of ether oxygens (including phenoxy) is 3. The maximum Gasteiger partial charge on any atom is 0.241 e. The van der Waals surface area contributed by atoms with Gasteiger partial charge in [0.05, 0.1) is 32.3 Å². The first-order valence-corrected chi connectivity index (χ1v) is 12.5. The Hall–Kier alpha value is -3.56. The van der Waals surface area contributed by atoms with Gasteiger partial charge < -0.3 is 19.5 Å². The molecule has 0 saturated carbocycles. The first kappa shape index (κ1) is 26.1. The number of hydrogen-bond acceptors (Lipinski definition) is 6. The fraction of sp³-hybridized carbons (Fsp3) is 0.269. The molecule has 9 heteroatoms. The van der Waals surface area contributed by atoms with E-state index in [-0.39, 0.29) is 17.1 Å². The molecule has 0 radical (unpaired) electrons. The highest BCUT2D eigenvalue weighted by Gasteiger charge is 2.28. The summed E-state index contributed by atoms with van der Waals surface area (Å²) in [6, 6.07) is 19.3. The van der Waals surface area contributed by atoms with E-state index in [4.69, 9.17) is 14.2 Å². The van der Waals surface area contributed by atoms with E-state index >= 15 is 0 Å². The molecule has 0 fully saturated rings. The SMILES string of the molecule is COc1ccc(S(=O)(=O)N[C@@H](Cc2ccccc2)C(=O)N[C@@H](C)c2ccccc2OC)cc1OC. The Kier molecular flexibility index (Phi) is 8.73. The summed E-state index contributed by atoms with van der Waals surface area (Å²) in [5.41, 5.74) is 1.59. The molecule has 0 aliphatic rings. The van der Waals surface area contributed by atoms with Gasteiger partial charge in [-0.15, -0.1) is 0 Å². The van der Waals surface area contributed by atoms with E-state index in [9.17, 15) is 13.2 Å². The molecule has 3 aromatic carbocycles. The molecule has 0 aliphatic heterocycles. The molecule has 3 rings (SSSR count). The second-order valence-corrected chi connectivity index (χ2v) is 9.57. The van der Waals surface area contributed by atoms with Crippen molar-refractivity contribution in [2.24, 2.45) is 0 Å². The number of carbonyl (C=O) groups is 1. The van der Waals surface area contributed by atoms with Gasteiger partial charge in [-0.25, -0.2) is 8.42 Å². The molecule has 35 heavy (non-hydrogen) atoms. The van der Waals surface area contributed by atoms with Crippen molar-refractivity contribution in [3.05, 3.63) is 83.9 Å². The molecule has 186 valence electrons. The second kappa shape index (κ2) is 11.7. The quantitative estimate of drug-likeness (QED) is 0.420. The molecule has 2 atom stereocenters. The van der Waals surface area contributed by atoms with Gasteiger partial charge in [-0.1, -0.05) is 48.5 Å². The first-order chi connectivity index (χ1) is 16.8. The molecule has 0 spiro atoms. The Labute approximate surface area is 206 Å². The number of hydrogen-bond donors (Lipinski definition) is 2. The average molecular weight is 499 g/mol. The van der Waals surface area contributed by atoms with Crippen molar-refractivity contribution in [1.82, 2.24) is 10.0 Å². The number of methoxy groups -OCH3 is 3. The Bertz CT molecular complexity index is 1250. The maximum absolute atomic E-state index is 13.3. The Morgan fingerprint density at radius 3 is 2.11 bits per heavy atom. The summed E-state index contributed by atoms with van der Waals surface area (Å²) in [7, 11) is 0.381. The fourth-order valence-corrected chi connectivity index (χ4v) is 4.90. The summed E-state index contributed by atoms with van der Waals surface area (Å²) in [4.78, 5) is 13.3. The molecule has 0 unspecified atom stereocenters. The van der Waals surface area contributed by atoms with E-state index in [0.717, 1.165) is 11.1 Å². The van der Waals surface area contributed by atoms with E-state index in [1.165, 1.54) is 32.4 Å². The fourth-order valence-electron chi connectivity index (χ4n) is 3.69. The number of nitrogens with one attached hydrogen (secondary N) is 2. The molecule has 2 N–H and O–H groups in total. The molecular weight excluding hydrogens is 468 g/mol. The summed E-state index contributed by atoms with van der Waals surface area (Å²) < 4.78 is 44.9. The number of benzene rings is 3. The van der Waals surface area contributed by atoms with Gasteiger partial charge in [-0.2, -0.15) is 4.72 Å². The molecule has 1 amide bonds. The molecule has 0 heterocycles. The maximum atomic E-state index is 13.3. The van der Waals surface area contributed by atoms with Crippen LogP contribution in [0.2, 0.25) is 0 Å². The highest BCUT2D eigenvalue weighted by Crippen LogP contribution is 2.29. The number of sulfonamides is 1. The van der Waals surface area contributed by atoms with Crippen LogP contribution >= 0.6 is 0 Å². The van der Waals surface area contributed by atoms with E-state index < -0.39 is 28.0 Å². The monoisotopic (exact) mass is 498 g/mol. The van der Waals surface area contributed by atoms with Crippen LogP contribution in [0.3, 0.4) is 0 Å². The standard InChI is InChI=1S/C26H30N2O6S/c1-18(21-12-8-9-13-23(21)32-2)27-26(29)22(16-19-10-6-5-7-11-19)28-35(30,31)20-14-15-24(33-3)25(17-20)34-4/h5-15,17-18,22,28H,16H2,1-4H3,(H,27,29)/t18-,22-/m0/s1. The van der Waals surface area contributed by atoms with Gasteiger partial charge in [0.15, 0.2) is 11.5 Å². The van der Waals surface area contributed by atoms with E-state index in [2.05, 4.69) is 10.0 Å². The van der Waals surface area contributed by atoms with Crippen LogP contribution in [-0.2, 0) is 21.2 Å². The van der Waals surface area contributed by atoms with E-state index in [1.54, 1.807) is 13.2 Å². The van der Waals surface area contributed by atoms with Crippen LogP contribution in [0.1, 0.15) is 24.1 Å². The van der Waals surface area contributed by atoms with Crippen LogP contribution in [0.5, 0.6) is 17.2 Å². The highest BCUT2D eigenvalue weighted by atomic mass is 32.2. The van der Waals surface area contributed by atoms with Crippen molar-refractivity contribution in [1.29, 1.82) is 0 Å². The first-order valence-electron chi connectivity index (χ1n) is 11.0. The lowest BCUT2D eigenvalue weighted by atomic mass is 10.0. The molecule has 0 saturated heterocycles. The summed E-state index contributed by atoms with van der Waals surface area (Å²) in [5, 5.41) is 2.92. The van der Waals surface area contributed by atoms with E-state index in [1.807, 2.05) is 55.5 Å². The third-order valence-electron chi connectivity index (χ3n) is 5.53. The highest BCUT2D eigenvalue weighted by molar-refractivity contribution is 7.89. The number of para-hydroxylation sites is 1. The normalized spacial score (nSPS) is 12.9. The second-order valence-electron chi connectivity index (χ2n) is 7.85. The minimum Gasteiger partial charge on any atom is -0.496 e. The summed E-state index contributed by atoms with van der Waals surface area (Å²) >= 11 is 0. The molecule has 0 bridgehead atoms. The van der Waals surface area contributed by atoms with Crippen LogP contribution in [0, 0.1) is 0 Å². The zero-order valence-corrected chi connectivity index (χ0v) is 21.0. The van der Waals surface area contributed by atoms with Crippen molar-refractivity contribution in [3.8, 4) is 17.2 Å². The van der Waals surface area contributed by atoms with Crippen LogP contribution in [0.4, 0.5) is 0 Å². The number of carbonyl (C=O) groups excluding carboxylic acids is 1. The summed E-state index contributed by atoms with van der Waals surface area (Å²) in [6.07, 6.45) is 0.165. The molecule has 3 aromatic rings. The van der Waals surface area contributed by atoms with Gasteiger partial charge in [0.2, 0.25) is 15.9 Å². The third kappa shape index (κ3) is 6.52. The molecule has 0 aromatic heterocycles. The Morgan fingerprint density at radius 2 is 1.46 bits per heavy atom. The molecular formula is C26H30N2O6S. The van der Waals surface area contributed by atoms with Crippen molar-refractivity contribution in [2.75, 3.05) is 21.3 Å². The van der Waals surface area contributed by atoms with Crippen molar-refractivity contribution in [3.63, 3.8) is 0 Å². The Morgan fingerprint density at radius 1 is 0.829 bits per heavy atom. The zero-order chi connectivity index (χ0) is 25.4. The van der Waals surface area contributed by atoms with Gasteiger partial charge in [-0.05, 0) is 37.1 Å². The van der Waals surface area contributed by atoms with Crippen LogP contribution in [-0.4, -0.2) is 41.7 Å². The van der Waals surface area contributed by atoms with Crippen molar-refractivity contribution >= 4 is 15.9 Å². The van der Waals surface area contributed by atoms with E-state index in [0.29, 0.717) is 11.5 Å². The molecule has 0 aliphatic carbocycles. The summed E-state index contributed by atoms with van der Waals surface area (Å²) in [6.45, 7) is 1.82. The minimum atomic E-state index is -4.07. The number of amides is 1. The summed E-state index contributed by atoms with van der Waals surface area (Å²) in [5.74, 6) is 0.835. The van der Waals surface area contributed by atoms with Gasteiger partial charge >= 0.3 is 0 Å². The minimum absolute atomic E-state index is 0.0428. The van der Waals surface area contributed by atoms with Gasteiger partial charge in [0, 0.05) is 11.6 Å². The Balaban J connectivity index is 1.88. The lowest BCUT2D eigenvalue weighted by Crippen LogP contribution is -2.48. The van der Waals surface area contributed by atoms with Crippen LogP contribution in [0.15, 0.2) is 77.7 Å². The zero-order valence-electron chi connectivity index (χ0n) is 20.1. The smallest absolute Gasteiger partial charge is 0.241 e. The lowest BCUT2D eigenvalue weighted by molar-refractivity contribution is -0.123. The van der Waals surface area contributed by atoms with Crippen molar-refractivity contribution in [2.45, 2.75) is 30.3 Å². The number of rotatable bonds is 11. The lowest BCUT2D eigenvalue weighted by Gasteiger charge is -2.23.